The summed E-state index contributed by atoms with van der Waals surface area (Å²) in [7, 11) is 1.89. The number of furan rings is 1. The van der Waals surface area contributed by atoms with E-state index in [1.54, 1.807) is 4.68 Å². The first-order valence-electron chi connectivity index (χ1n) is 4.89. The highest BCUT2D eigenvalue weighted by atomic mass is 79.9. The average Bonchev–Trinajstić information content (AvgIpc) is 2.84. The molecule has 0 saturated carbocycles. The van der Waals surface area contributed by atoms with Crippen molar-refractivity contribution in [1.29, 1.82) is 0 Å². The quantitative estimate of drug-likeness (QED) is 0.660. The Labute approximate surface area is 102 Å². The molecular weight excluding hydrogens is 272 g/mol. The molecule has 5 nitrogen and oxygen atoms in total. The lowest BCUT2D eigenvalue weighted by Crippen LogP contribution is -2.29. The molecule has 16 heavy (non-hydrogen) atoms. The van der Waals surface area contributed by atoms with Crippen LogP contribution in [0.25, 0.3) is 0 Å². The number of aryl methyl sites for hydroxylation is 1. The summed E-state index contributed by atoms with van der Waals surface area (Å²) in [5.41, 5.74) is 3.70. The van der Waals surface area contributed by atoms with Gasteiger partial charge in [0.05, 0.1) is 11.7 Å². The number of hydrogen-bond acceptors (Lipinski definition) is 4. The smallest absolute Gasteiger partial charge is 0.169 e. The third-order valence-electron chi connectivity index (χ3n) is 2.32. The van der Waals surface area contributed by atoms with Crippen molar-refractivity contribution in [2.45, 2.75) is 12.5 Å². The second-order valence-electron chi connectivity index (χ2n) is 3.55. The topological polar surface area (TPSA) is 69.0 Å². The molecular formula is C10H13BrN4O. The number of nitrogens with two attached hydrogens (primary N) is 1. The molecule has 2 rings (SSSR count). The Morgan fingerprint density at radius 3 is 2.88 bits per heavy atom. The fourth-order valence-corrected chi connectivity index (χ4v) is 1.86. The van der Waals surface area contributed by atoms with Crippen LogP contribution in [-0.4, -0.2) is 9.78 Å². The summed E-state index contributed by atoms with van der Waals surface area (Å²) in [5.74, 6) is 6.30. The molecule has 0 saturated heterocycles. The predicted molar refractivity (Wildman–Crippen MR) is 63.4 cm³/mol. The van der Waals surface area contributed by atoms with Crippen molar-refractivity contribution in [2.75, 3.05) is 0 Å². The van der Waals surface area contributed by atoms with Crippen LogP contribution >= 0.6 is 15.9 Å². The largest absolute Gasteiger partial charge is 0.453 e. The molecule has 0 radical (unpaired) electrons. The Morgan fingerprint density at radius 2 is 2.38 bits per heavy atom. The summed E-state index contributed by atoms with van der Waals surface area (Å²) in [5, 5.41) is 4.30. The van der Waals surface area contributed by atoms with Gasteiger partial charge in [-0.25, -0.2) is 5.43 Å². The number of aromatic nitrogens is 2. The van der Waals surface area contributed by atoms with Gasteiger partial charge in [0, 0.05) is 19.7 Å². The highest BCUT2D eigenvalue weighted by Gasteiger charge is 2.15. The number of rotatable bonds is 4. The molecule has 2 aromatic rings. The number of hydrazine groups is 1. The van der Waals surface area contributed by atoms with Gasteiger partial charge in [-0.15, -0.1) is 0 Å². The maximum Gasteiger partial charge on any atom is 0.169 e. The van der Waals surface area contributed by atoms with Crippen molar-refractivity contribution >= 4 is 15.9 Å². The fourth-order valence-electron chi connectivity index (χ4n) is 1.54. The van der Waals surface area contributed by atoms with Gasteiger partial charge in [-0.1, -0.05) is 0 Å². The zero-order valence-corrected chi connectivity index (χ0v) is 10.4. The van der Waals surface area contributed by atoms with Crippen LogP contribution in [0.4, 0.5) is 0 Å². The van der Waals surface area contributed by atoms with Gasteiger partial charge in [-0.3, -0.25) is 10.5 Å². The Hall–Kier alpha value is -1.11. The summed E-state index contributed by atoms with van der Waals surface area (Å²) in [4.78, 5) is 0. The lowest BCUT2D eigenvalue weighted by atomic mass is 10.1. The normalized spacial score (nSPS) is 12.9. The standard InChI is InChI=1S/C10H13BrN4O/c1-15-5-4-7(14-15)6-8(13-12)9-2-3-10(11)16-9/h2-5,8,13H,6,12H2,1H3. The van der Waals surface area contributed by atoms with Crippen LogP contribution in [0, 0.1) is 0 Å². The molecule has 3 N–H and O–H groups in total. The summed E-state index contributed by atoms with van der Waals surface area (Å²) in [6.45, 7) is 0. The molecule has 0 aliphatic carbocycles. The number of halogens is 1. The van der Waals surface area contributed by atoms with E-state index in [2.05, 4.69) is 26.5 Å². The molecule has 6 heteroatoms. The first-order valence-corrected chi connectivity index (χ1v) is 5.68. The number of nitrogens with zero attached hydrogens (tertiary/aromatic N) is 2. The van der Waals surface area contributed by atoms with Crippen LogP contribution < -0.4 is 11.3 Å². The summed E-state index contributed by atoms with van der Waals surface area (Å²) in [6.07, 6.45) is 2.60. The van der Waals surface area contributed by atoms with Crippen LogP contribution in [0.3, 0.4) is 0 Å². The zero-order valence-electron chi connectivity index (χ0n) is 8.85. The monoisotopic (exact) mass is 284 g/mol. The fraction of sp³-hybridized carbons (Fsp3) is 0.300. The van der Waals surface area contributed by atoms with E-state index in [9.17, 15) is 0 Å². The minimum absolute atomic E-state index is 0.0683. The van der Waals surface area contributed by atoms with Crippen LogP contribution in [0.1, 0.15) is 17.5 Å². The van der Waals surface area contributed by atoms with Crippen molar-refractivity contribution in [1.82, 2.24) is 15.2 Å². The van der Waals surface area contributed by atoms with E-state index >= 15 is 0 Å². The van der Waals surface area contributed by atoms with Gasteiger partial charge in [0.25, 0.3) is 0 Å². The molecule has 0 aliphatic rings. The SMILES string of the molecule is Cn1ccc(CC(NN)c2ccc(Br)o2)n1. The Balaban J connectivity index is 2.12. The Kier molecular flexibility index (Phi) is 3.42. The van der Waals surface area contributed by atoms with Gasteiger partial charge in [-0.2, -0.15) is 5.10 Å². The third kappa shape index (κ3) is 2.52. The minimum atomic E-state index is -0.0683. The van der Waals surface area contributed by atoms with Crippen LogP contribution in [-0.2, 0) is 13.5 Å². The molecule has 86 valence electrons. The third-order valence-corrected chi connectivity index (χ3v) is 2.75. The Morgan fingerprint density at radius 1 is 1.56 bits per heavy atom. The van der Waals surface area contributed by atoms with Gasteiger partial charge in [0.2, 0.25) is 0 Å². The highest BCUT2D eigenvalue weighted by Crippen LogP contribution is 2.22. The predicted octanol–water partition coefficient (Wildman–Crippen LogP) is 1.52. The first kappa shape index (κ1) is 11.4. The molecule has 0 amide bonds. The van der Waals surface area contributed by atoms with Crippen molar-refractivity contribution in [3.05, 3.63) is 40.5 Å². The van der Waals surface area contributed by atoms with E-state index in [4.69, 9.17) is 10.3 Å². The molecule has 0 fully saturated rings. The van der Waals surface area contributed by atoms with Gasteiger partial charge < -0.3 is 4.42 Å². The molecule has 1 atom stereocenters. The summed E-state index contributed by atoms with van der Waals surface area (Å²) < 4.78 is 7.92. The lowest BCUT2D eigenvalue weighted by molar-refractivity contribution is 0.402. The summed E-state index contributed by atoms with van der Waals surface area (Å²) in [6, 6.07) is 5.62. The van der Waals surface area contributed by atoms with Gasteiger partial charge in [0.1, 0.15) is 5.76 Å². The average molecular weight is 285 g/mol. The molecule has 0 spiro atoms. The van der Waals surface area contributed by atoms with Crippen molar-refractivity contribution in [3.63, 3.8) is 0 Å². The molecule has 2 aromatic heterocycles. The van der Waals surface area contributed by atoms with Gasteiger partial charge in [0.15, 0.2) is 4.67 Å². The van der Waals surface area contributed by atoms with Crippen molar-refractivity contribution in [2.24, 2.45) is 12.9 Å². The first-order chi connectivity index (χ1) is 7.69. The lowest BCUT2D eigenvalue weighted by Gasteiger charge is -2.11. The van der Waals surface area contributed by atoms with E-state index < -0.39 is 0 Å². The van der Waals surface area contributed by atoms with Crippen molar-refractivity contribution < 1.29 is 4.42 Å². The summed E-state index contributed by atoms with van der Waals surface area (Å²) >= 11 is 3.26. The molecule has 0 aliphatic heterocycles. The van der Waals surface area contributed by atoms with Crippen LogP contribution in [0.15, 0.2) is 33.5 Å². The van der Waals surface area contributed by atoms with E-state index in [0.717, 1.165) is 11.5 Å². The van der Waals surface area contributed by atoms with E-state index in [1.165, 1.54) is 0 Å². The number of nitrogens with one attached hydrogen (secondary N) is 1. The van der Waals surface area contributed by atoms with E-state index in [-0.39, 0.29) is 6.04 Å². The molecule has 0 bridgehead atoms. The number of hydrogen-bond donors (Lipinski definition) is 2. The van der Waals surface area contributed by atoms with Crippen LogP contribution in [0.5, 0.6) is 0 Å². The maximum absolute atomic E-state index is 5.51. The second kappa shape index (κ2) is 4.82. The van der Waals surface area contributed by atoms with E-state index in [1.807, 2.05) is 31.4 Å². The molecule has 0 aromatic carbocycles. The molecule has 1 unspecified atom stereocenters. The van der Waals surface area contributed by atoms with E-state index in [0.29, 0.717) is 11.1 Å². The van der Waals surface area contributed by atoms with Gasteiger partial charge in [-0.05, 0) is 34.1 Å². The maximum atomic E-state index is 5.51. The highest BCUT2D eigenvalue weighted by molar-refractivity contribution is 9.10. The Bertz CT molecular complexity index is 465. The minimum Gasteiger partial charge on any atom is -0.453 e. The molecule has 2 heterocycles. The van der Waals surface area contributed by atoms with Crippen molar-refractivity contribution in [3.8, 4) is 0 Å². The van der Waals surface area contributed by atoms with Crippen LogP contribution in [0.2, 0.25) is 0 Å². The second-order valence-corrected chi connectivity index (χ2v) is 4.33. The zero-order chi connectivity index (χ0) is 11.5. The van der Waals surface area contributed by atoms with Gasteiger partial charge >= 0.3 is 0 Å².